The van der Waals surface area contributed by atoms with E-state index in [1.54, 1.807) is 30.0 Å². The van der Waals surface area contributed by atoms with Gasteiger partial charge in [0, 0.05) is 16.3 Å². The minimum Gasteiger partial charge on any atom is -1.00 e. The van der Waals surface area contributed by atoms with Gasteiger partial charge < -0.3 is 17.0 Å². The first-order valence-corrected chi connectivity index (χ1v) is 9.44. The highest BCUT2D eigenvalue weighted by Gasteiger charge is 2.36. The quantitative estimate of drug-likeness (QED) is 0.518. The highest BCUT2D eigenvalue weighted by Crippen LogP contribution is 2.36. The fourth-order valence-electron chi connectivity index (χ4n) is 3.09. The summed E-state index contributed by atoms with van der Waals surface area (Å²) in [5.41, 5.74) is 1.59. The number of benzene rings is 2. The molecule has 0 N–H and O–H groups in total. The van der Waals surface area contributed by atoms with E-state index in [9.17, 15) is 13.2 Å². The molecule has 0 bridgehead atoms. The molecule has 2 aromatic carbocycles. The Bertz CT molecular complexity index is 970. The number of alkyl halides is 3. The number of rotatable bonds is 2. The number of hydrogen-bond donors (Lipinski definition) is 0. The number of hydrogen-bond acceptors (Lipinski definition) is 1. The highest BCUT2D eigenvalue weighted by molar-refractivity contribution is 7.99. The van der Waals surface area contributed by atoms with Crippen molar-refractivity contribution in [2.24, 2.45) is 0 Å². The van der Waals surface area contributed by atoms with E-state index in [1.807, 2.05) is 22.9 Å². The van der Waals surface area contributed by atoms with Crippen molar-refractivity contribution in [2.75, 3.05) is 5.75 Å². The standard InChI is InChI=1S/C19H15ClF3N2S.BrH/c1-12-11-26-18-24(12)10-17(13-5-7-15(20)8-6-13)25(18)16-4-2-3-14(9-16)19(21,22)23;/h2-10,12H,11H2,1H3;1H/q+1;/p-1. The van der Waals surface area contributed by atoms with Crippen LogP contribution in [0.3, 0.4) is 0 Å². The lowest BCUT2D eigenvalue weighted by Crippen LogP contribution is -3.00. The van der Waals surface area contributed by atoms with Crippen molar-refractivity contribution in [3.63, 3.8) is 0 Å². The summed E-state index contributed by atoms with van der Waals surface area (Å²) < 4.78 is 43.6. The van der Waals surface area contributed by atoms with Crippen LogP contribution in [0.5, 0.6) is 0 Å². The van der Waals surface area contributed by atoms with Gasteiger partial charge >= 0.3 is 11.3 Å². The molecule has 1 unspecified atom stereocenters. The van der Waals surface area contributed by atoms with E-state index in [-0.39, 0.29) is 23.0 Å². The van der Waals surface area contributed by atoms with Gasteiger partial charge in [0.2, 0.25) is 0 Å². The number of aromatic nitrogens is 2. The summed E-state index contributed by atoms with van der Waals surface area (Å²) in [6.07, 6.45) is -2.37. The van der Waals surface area contributed by atoms with Crippen LogP contribution in [0, 0.1) is 0 Å². The lowest BCUT2D eigenvalue weighted by atomic mass is 10.1. The van der Waals surface area contributed by atoms with E-state index < -0.39 is 11.7 Å². The van der Waals surface area contributed by atoms with E-state index in [2.05, 4.69) is 11.5 Å². The van der Waals surface area contributed by atoms with E-state index in [0.29, 0.717) is 10.7 Å². The van der Waals surface area contributed by atoms with Crippen LogP contribution in [0.15, 0.2) is 59.9 Å². The Kier molecular flexibility index (Phi) is 5.66. The van der Waals surface area contributed by atoms with Crippen molar-refractivity contribution < 1.29 is 34.7 Å². The predicted molar refractivity (Wildman–Crippen MR) is 96.8 cm³/mol. The largest absolute Gasteiger partial charge is 1.00 e. The SMILES string of the molecule is CC1CSc2n(-c3cccc(C(F)(F)F)c3)c(-c3ccc(Cl)cc3)c[n+]21.[Br-]. The van der Waals surface area contributed by atoms with E-state index in [0.717, 1.165) is 28.2 Å². The van der Waals surface area contributed by atoms with Crippen molar-refractivity contribution in [1.82, 2.24) is 4.57 Å². The van der Waals surface area contributed by atoms with Crippen LogP contribution in [0.4, 0.5) is 13.2 Å². The molecule has 4 rings (SSSR count). The molecule has 0 spiro atoms. The number of halogens is 5. The molecule has 0 fully saturated rings. The van der Waals surface area contributed by atoms with Crippen molar-refractivity contribution in [1.29, 1.82) is 0 Å². The number of fused-ring (bicyclic) bond motifs is 1. The Morgan fingerprint density at radius 2 is 1.85 bits per heavy atom. The van der Waals surface area contributed by atoms with Gasteiger partial charge in [-0.2, -0.15) is 17.7 Å². The molecule has 0 aliphatic carbocycles. The Morgan fingerprint density at radius 1 is 1.15 bits per heavy atom. The maximum absolute atomic E-state index is 13.2. The number of nitrogens with zero attached hydrogens (tertiary/aromatic N) is 2. The Morgan fingerprint density at radius 3 is 2.52 bits per heavy atom. The van der Waals surface area contributed by atoms with Gasteiger partial charge in [0.25, 0.3) is 0 Å². The maximum Gasteiger partial charge on any atom is 0.416 e. The van der Waals surface area contributed by atoms with Crippen LogP contribution in [0.2, 0.25) is 5.02 Å². The lowest BCUT2D eigenvalue weighted by Gasteiger charge is -2.09. The van der Waals surface area contributed by atoms with Gasteiger partial charge in [-0.1, -0.05) is 17.7 Å². The first kappa shape index (κ1) is 20.3. The van der Waals surface area contributed by atoms with Gasteiger partial charge in [-0.3, -0.25) is 0 Å². The smallest absolute Gasteiger partial charge is 0.416 e. The molecule has 0 saturated heterocycles. The average molecular weight is 476 g/mol. The van der Waals surface area contributed by atoms with Gasteiger partial charge in [-0.05, 0) is 61.2 Å². The first-order valence-electron chi connectivity index (χ1n) is 8.08. The molecular formula is C19H15BrClF3N2S. The van der Waals surface area contributed by atoms with Gasteiger partial charge in [-0.25, -0.2) is 4.57 Å². The molecule has 8 heteroatoms. The molecule has 2 heterocycles. The zero-order valence-corrected chi connectivity index (χ0v) is 17.3. The molecule has 142 valence electrons. The summed E-state index contributed by atoms with van der Waals surface area (Å²) >= 11 is 7.63. The Hall–Kier alpha value is -1.44. The summed E-state index contributed by atoms with van der Waals surface area (Å²) in [5, 5.41) is 1.55. The molecule has 1 aromatic heterocycles. The first-order chi connectivity index (χ1) is 12.3. The summed E-state index contributed by atoms with van der Waals surface area (Å²) in [5.74, 6) is 0.898. The second-order valence-electron chi connectivity index (χ2n) is 6.25. The average Bonchev–Trinajstić information content (AvgIpc) is 3.15. The van der Waals surface area contributed by atoms with Crippen LogP contribution >= 0.6 is 23.4 Å². The normalized spacial score (nSPS) is 16.1. The zero-order chi connectivity index (χ0) is 18.5. The molecule has 1 aliphatic rings. The van der Waals surface area contributed by atoms with Crippen LogP contribution in [-0.4, -0.2) is 10.3 Å². The molecule has 27 heavy (non-hydrogen) atoms. The van der Waals surface area contributed by atoms with E-state index in [1.165, 1.54) is 12.1 Å². The molecule has 1 atom stereocenters. The summed E-state index contributed by atoms with van der Waals surface area (Å²) in [6, 6.07) is 13.1. The van der Waals surface area contributed by atoms with Crippen LogP contribution in [0.25, 0.3) is 16.9 Å². The fraction of sp³-hybridized carbons (Fsp3) is 0.211. The van der Waals surface area contributed by atoms with Crippen molar-refractivity contribution in [3.8, 4) is 16.9 Å². The summed E-state index contributed by atoms with van der Waals surface area (Å²) in [6.45, 7) is 2.10. The number of imidazole rings is 1. The third-order valence-corrected chi connectivity index (χ3v) is 5.97. The monoisotopic (exact) mass is 474 g/mol. The van der Waals surface area contributed by atoms with Gasteiger partial charge in [0.1, 0.15) is 17.9 Å². The topological polar surface area (TPSA) is 8.81 Å². The van der Waals surface area contributed by atoms with Crippen molar-refractivity contribution in [3.05, 3.63) is 65.3 Å². The lowest BCUT2D eigenvalue weighted by molar-refractivity contribution is -0.744. The second kappa shape index (κ2) is 7.53. The van der Waals surface area contributed by atoms with Crippen LogP contribution < -0.4 is 21.5 Å². The third-order valence-electron chi connectivity index (χ3n) is 4.41. The van der Waals surface area contributed by atoms with Crippen molar-refractivity contribution >= 4 is 23.4 Å². The third kappa shape index (κ3) is 3.77. The summed E-state index contributed by atoms with van der Waals surface area (Å²) in [7, 11) is 0. The van der Waals surface area contributed by atoms with E-state index >= 15 is 0 Å². The summed E-state index contributed by atoms with van der Waals surface area (Å²) in [4.78, 5) is 0. The molecule has 2 nitrogen and oxygen atoms in total. The molecule has 0 saturated carbocycles. The van der Waals surface area contributed by atoms with Gasteiger partial charge in [0.05, 0.1) is 5.56 Å². The van der Waals surface area contributed by atoms with Crippen LogP contribution in [-0.2, 0) is 6.18 Å². The van der Waals surface area contributed by atoms with Crippen molar-refractivity contribution in [2.45, 2.75) is 24.3 Å². The molecule has 0 amide bonds. The maximum atomic E-state index is 13.2. The molecular weight excluding hydrogens is 461 g/mol. The zero-order valence-electron chi connectivity index (χ0n) is 14.2. The minimum atomic E-state index is -4.37. The highest BCUT2D eigenvalue weighted by atomic mass is 79.9. The van der Waals surface area contributed by atoms with E-state index in [4.69, 9.17) is 11.6 Å². The molecule has 0 radical (unpaired) electrons. The van der Waals surface area contributed by atoms with Gasteiger partial charge in [0.15, 0.2) is 5.69 Å². The second-order valence-corrected chi connectivity index (χ2v) is 7.68. The fourth-order valence-corrected chi connectivity index (χ4v) is 4.48. The predicted octanol–water partition coefficient (Wildman–Crippen LogP) is 2.77. The number of thioether (sulfide) groups is 1. The van der Waals surface area contributed by atoms with Crippen LogP contribution in [0.1, 0.15) is 18.5 Å². The van der Waals surface area contributed by atoms with Gasteiger partial charge in [-0.15, -0.1) is 0 Å². The Labute approximate surface area is 174 Å². The Balaban J connectivity index is 0.00000210. The minimum absolute atomic E-state index is 0. The molecule has 1 aliphatic heterocycles. The molecule has 3 aromatic rings.